The number of benzene rings is 1. The number of nitrogens with zero attached hydrogens (tertiary/aromatic N) is 2. The summed E-state index contributed by atoms with van der Waals surface area (Å²) in [6.45, 7) is 1.79. The summed E-state index contributed by atoms with van der Waals surface area (Å²) >= 11 is 0. The van der Waals surface area contributed by atoms with Crippen LogP contribution >= 0.6 is 0 Å². The van der Waals surface area contributed by atoms with Crippen molar-refractivity contribution >= 4 is 10.9 Å². The highest BCUT2D eigenvalue weighted by Crippen LogP contribution is 2.18. The second-order valence-electron chi connectivity index (χ2n) is 3.64. The third kappa shape index (κ3) is 1.51. The molecule has 1 aromatic carbocycles. The molecule has 0 spiro atoms. The Bertz CT molecular complexity index is 445. The summed E-state index contributed by atoms with van der Waals surface area (Å²) < 4.78 is 1.84. The van der Waals surface area contributed by atoms with Crippen LogP contribution in [0.4, 0.5) is 0 Å². The topological polar surface area (TPSA) is 38.1 Å². The van der Waals surface area contributed by atoms with Crippen LogP contribution in [0.5, 0.6) is 0 Å². The van der Waals surface area contributed by atoms with Gasteiger partial charge in [0.15, 0.2) is 0 Å². The molecule has 0 saturated heterocycles. The fourth-order valence-corrected chi connectivity index (χ4v) is 1.72. The summed E-state index contributed by atoms with van der Waals surface area (Å²) in [5, 5.41) is 14.9. The van der Waals surface area contributed by atoms with Gasteiger partial charge >= 0.3 is 0 Å². The van der Waals surface area contributed by atoms with Crippen LogP contribution in [0.1, 0.15) is 12.6 Å². The molecule has 0 aliphatic rings. The van der Waals surface area contributed by atoms with Crippen LogP contribution in [-0.4, -0.2) is 21.0 Å². The fourth-order valence-electron chi connectivity index (χ4n) is 1.72. The number of fused-ring (bicyclic) bond motifs is 1. The molecule has 0 amide bonds. The van der Waals surface area contributed by atoms with Gasteiger partial charge in [0.2, 0.25) is 0 Å². The molecule has 0 unspecified atom stereocenters. The van der Waals surface area contributed by atoms with Gasteiger partial charge in [-0.3, -0.25) is 4.68 Å². The van der Waals surface area contributed by atoms with Crippen LogP contribution in [0.15, 0.2) is 24.3 Å². The van der Waals surface area contributed by atoms with Crippen molar-refractivity contribution in [3.8, 4) is 0 Å². The second-order valence-corrected chi connectivity index (χ2v) is 3.64. The third-order valence-electron chi connectivity index (χ3n) is 2.35. The number of aliphatic hydroxyl groups excluding tert-OH is 1. The first-order chi connectivity index (χ1) is 6.68. The van der Waals surface area contributed by atoms with Crippen molar-refractivity contribution < 1.29 is 5.11 Å². The molecule has 74 valence electrons. The molecule has 0 bridgehead atoms. The molecule has 1 heterocycles. The maximum Gasteiger partial charge on any atom is 0.0926 e. The maximum absolute atomic E-state index is 9.37. The van der Waals surface area contributed by atoms with Crippen molar-refractivity contribution in [3.05, 3.63) is 30.0 Å². The largest absolute Gasteiger partial charge is 0.393 e. The van der Waals surface area contributed by atoms with Crippen molar-refractivity contribution in [1.82, 2.24) is 9.78 Å². The van der Waals surface area contributed by atoms with E-state index in [0.717, 1.165) is 16.6 Å². The number of aromatic nitrogens is 2. The van der Waals surface area contributed by atoms with Crippen molar-refractivity contribution in [2.45, 2.75) is 19.4 Å². The van der Waals surface area contributed by atoms with E-state index in [1.165, 1.54) is 0 Å². The van der Waals surface area contributed by atoms with Crippen LogP contribution in [0, 0.1) is 0 Å². The van der Waals surface area contributed by atoms with Gasteiger partial charge in [-0.15, -0.1) is 0 Å². The zero-order valence-electron chi connectivity index (χ0n) is 8.44. The quantitative estimate of drug-likeness (QED) is 0.779. The lowest BCUT2D eigenvalue weighted by Gasteiger charge is -2.04. The van der Waals surface area contributed by atoms with Gasteiger partial charge in [-0.05, 0) is 13.0 Å². The maximum atomic E-state index is 9.37. The number of rotatable bonds is 2. The van der Waals surface area contributed by atoms with Crippen LogP contribution in [0.3, 0.4) is 0 Å². The lowest BCUT2D eigenvalue weighted by Crippen LogP contribution is -2.08. The Kier molecular flexibility index (Phi) is 2.25. The van der Waals surface area contributed by atoms with Crippen LogP contribution in [0.25, 0.3) is 10.9 Å². The van der Waals surface area contributed by atoms with Crippen molar-refractivity contribution in [2.75, 3.05) is 0 Å². The molecule has 0 saturated carbocycles. The molecular weight excluding hydrogens is 176 g/mol. The SMILES string of the molecule is C[C@@H](O)Cc1c2ccccc2nn1C. The minimum absolute atomic E-state index is 0.325. The third-order valence-corrected chi connectivity index (χ3v) is 2.35. The van der Waals surface area contributed by atoms with E-state index in [1.807, 2.05) is 36.0 Å². The predicted molar refractivity (Wildman–Crippen MR) is 56.1 cm³/mol. The average Bonchev–Trinajstić information content (AvgIpc) is 2.43. The van der Waals surface area contributed by atoms with Crippen LogP contribution in [0.2, 0.25) is 0 Å². The van der Waals surface area contributed by atoms with Gasteiger partial charge in [0.1, 0.15) is 0 Å². The lowest BCUT2D eigenvalue weighted by atomic mass is 10.1. The van der Waals surface area contributed by atoms with Crippen LogP contribution < -0.4 is 0 Å². The Morgan fingerprint density at radius 2 is 2.14 bits per heavy atom. The van der Waals surface area contributed by atoms with E-state index in [9.17, 15) is 5.11 Å². The smallest absolute Gasteiger partial charge is 0.0926 e. The molecular formula is C11H14N2O. The lowest BCUT2D eigenvalue weighted by molar-refractivity contribution is 0.193. The van der Waals surface area contributed by atoms with Gasteiger partial charge in [-0.2, -0.15) is 5.10 Å². The minimum Gasteiger partial charge on any atom is -0.393 e. The molecule has 0 radical (unpaired) electrons. The molecule has 3 nitrogen and oxygen atoms in total. The zero-order chi connectivity index (χ0) is 10.1. The minimum atomic E-state index is -0.325. The van der Waals surface area contributed by atoms with Gasteiger partial charge < -0.3 is 5.11 Å². The predicted octanol–water partition coefficient (Wildman–Crippen LogP) is 1.50. The Morgan fingerprint density at radius 3 is 2.86 bits per heavy atom. The Balaban J connectivity index is 2.56. The van der Waals surface area contributed by atoms with Crippen molar-refractivity contribution in [1.29, 1.82) is 0 Å². The molecule has 0 fully saturated rings. The van der Waals surface area contributed by atoms with Gasteiger partial charge in [0.25, 0.3) is 0 Å². The first-order valence-corrected chi connectivity index (χ1v) is 4.77. The molecule has 0 aliphatic carbocycles. The number of aryl methyl sites for hydroxylation is 1. The summed E-state index contributed by atoms with van der Waals surface area (Å²) in [6, 6.07) is 8.00. The molecule has 1 atom stereocenters. The summed E-state index contributed by atoms with van der Waals surface area (Å²) in [5.74, 6) is 0. The molecule has 1 aromatic heterocycles. The van der Waals surface area contributed by atoms with E-state index in [0.29, 0.717) is 6.42 Å². The molecule has 3 heteroatoms. The average molecular weight is 190 g/mol. The van der Waals surface area contributed by atoms with E-state index in [-0.39, 0.29) is 6.10 Å². The summed E-state index contributed by atoms with van der Waals surface area (Å²) in [6.07, 6.45) is 0.325. The molecule has 2 aromatic rings. The summed E-state index contributed by atoms with van der Waals surface area (Å²) in [4.78, 5) is 0. The monoisotopic (exact) mass is 190 g/mol. The molecule has 0 aliphatic heterocycles. The first-order valence-electron chi connectivity index (χ1n) is 4.77. The second kappa shape index (κ2) is 3.42. The Morgan fingerprint density at radius 1 is 1.43 bits per heavy atom. The van der Waals surface area contributed by atoms with E-state index in [1.54, 1.807) is 6.92 Å². The molecule has 14 heavy (non-hydrogen) atoms. The van der Waals surface area contributed by atoms with E-state index >= 15 is 0 Å². The summed E-state index contributed by atoms with van der Waals surface area (Å²) in [7, 11) is 1.91. The molecule has 1 N–H and O–H groups in total. The molecule has 2 rings (SSSR count). The highest BCUT2D eigenvalue weighted by molar-refractivity contribution is 5.81. The number of aliphatic hydroxyl groups is 1. The van der Waals surface area contributed by atoms with Gasteiger partial charge in [0, 0.05) is 24.5 Å². The summed E-state index contributed by atoms with van der Waals surface area (Å²) in [5.41, 5.74) is 2.08. The van der Waals surface area contributed by atoms with E-state index in [2.05, 4.69) is 5.10 Å². The van der Waals surface area contributed by atoms with Crippen LogP contribution in [-0.2, 0) is 13.5 Å². The Labute approximate surface area is 83.0 Å². The van der Waals surface area contributed by atoms with Crippen molar-refractivity contribution in [3.63, 3.8) is 0 Å². The normalized spacial score (nSPS) is 13.4. The van der Waals surface area contributed by atoms with Crippen molar-refractivity contribution in [2.24, 2.45) is 7.05 Å². The highest BCUT2D eigenvalue weighted by Gasteiger charge is 2.09. The fraction of sp³-hybridized carbons (Fsp3) is 0.364. The highest BCUT2D eigenvalue weighted by atomic mass is 16.3. The van der Waals surface area contributed by atoms with E-state index in [4.69, 9.17) is 0 Å². The van der Waals surface area contributed by atoms with Gasteiger partial charge in [-0.1, -0.05) is 18.2 Å². The standard InChI is InChI=1S/C11H14N2O/c1-8(14)7-11-9-5-3-4-6-10(9)12-13(11)2/h3-6,8,14H,7H2,1-2H3/t8-/m1/s1. The number of hydrogen-bond acceptors (Lipinski definition) is 2. The Hall–Kier alpha value is -1.35. The van der Waals surface area contributed by atoms with Gasteiger partial charge in [-0.25, -0.2) is 0 Å². The first kappa shape index (κ1) is 9.21. The van der Waals surface area contributed by atoms with Gasteiger partial charge in [0.05, 0.1) is 11.6 Å². The zero-order valence-corrected chi connectivity index (χ0v) is 8.44. The number of hydrogen-bond donors (Lipinski definition) is 1. The van der Waals surface area contributed by atoms with E-state index < -0.39 is 0 Å².